The number of benzene rings is 1. The molecule has 0 aliphatic rings. The van der Waals surface area contributed by atoms with Crippen LogP contribution in [0.3, 0.4) is 0 Å². The van der Waals surface area contributed by atoms with Crippen LogP contribution in [0.2, 0.25) is 0 Å². The number of carbonyl (C=O) groups is 1. The summed E-state index contributed by atoms with van der Waals surface area (Å²) in [6.45, 7) is 1.03. The summed E-state index contributed by atoms with van der Waals surface area (Å²) < 4.78 is 10.7. The molecule has 0 amide bonds. The third-order valence-corrected chi connectivity index (χ3v) is 3.91. The van der Waals surface area contributed by atoms with E-state index in [2.05, 4.69) is 10.1 Å². The van der Waals surface area contributed by atoms with E-state index in [1.165, 1.54) is 6.07 Å². The van der Waals surface area contributed by atoms with Crippen LogP contribution in [0, 0.1) is 0 Å². The summed E-state index contributed by atoms with van der Waals surface area (Å²) in [5, 5.41) is 13.2. The third kappa shape index (κ3) is 4.07. The number of carboxylic acids is 1. The molecular weight excluding hydrogens is 334 g/mol. The van der Waals surface area contributed by atoms with E-state index in [1.54, 1.807) is 31.6 Å². The van der Waals surface area contributed by atoms with Crippen molar-refractivity contribution in [1.82, 2.24) is 15.0 Å². The molecule has 134 valence electrons. The van der Waals surface area contributed by atoms with Crippen molar-refractivity contribution >= 4 is 5.97 Å². The molecule has 1 N–H and O–H groups in total. The number of carboxylic acid groups (broad SMARTS) is 1. The Morgan fingerprint density at radius 2 is 2.12 bits per heavy atom. The van der Waals surface area contributed by atoms with E-state index in [9.17, 15) is 9.90 Å². The molecule has 0 radical (unpaired) electrons. The minimum atomic E-state index is -0.965. The first-order chi connectivity index (χ1) is 12.6. The maximum atomic E-state index is 11.2. The predicted octanol–water partition coefficient (Wildman–Crippen LogP) is 3.08. The fourth-order valence-corrected chi connectivity index (χ4v) is 2.69. The molecule has 26 heavy (non-hydrogen) atoms. The minimum Gasteiger partial charge on any atom is -0.496 e. The second-order valence-corrected chi connectivity index (χ2v) is 5.92. The maximum Gasteiger partial charge on any atom is 0.335 e. The van der Waals surface area contributed by atoms with E-state index in [-0.39, 0.29) is 5.56 Å². The molecule has 0 fully saturated rings. The molecule has 0 unspecified atom stereocenters. The van der Waals surface area contributed by atoms with Gasteiger partial charge in [-0.25, -0.2) is 4.79 Å². The van der Waals surface area contributed by atoms with Crippen LogP contribution in [0.15, 0.2) is 53.3 Å². The number of pyridine rings is 1. The summed E-state index contributed by atoms with van der Waals surface area (Å²) in [6.07, 6.45) is 3.44. The van der Waals surface area contributed by atoms with Crippen LogP contribution in [0.5, 0.6) is 5.75 Å². The molecule has 7 heteroatoms. The van der Waals surface area contributed by atoms with Gasteiger partial charge in [-0.2, -0.15) is 0 Å². The van der Waals surface area contributed by atoms with Crippen LogP contribution in [0.1, 0.15) is 21.7 Å². The Bertz CT molecular complexity index is 893. The van der Waals surface area contributed by atoms with Gasteiger partial charge in [-0.05, 0) is 37.4 Å². The highest BCUT2D eigenvalue weighted by Gasteiger charge is 2.13. The van der Waals surface area contributed by atoms with Gasteiger partial charge in [0, 0.05) is 36.1 Å². The van der Waals surface area contributed by atoms with Gasteiger partial charge in [0.15, 0.2) is 5.76 Å². The van der Waals surface area contributed by atoms with E-state index in [0.717, 1.165) is 16.8 Å². The van der Waals surface area contributed by atoms with Crippen LogP contribution in [-0.4, -0.2) is 40.3 Å². The average Bonchev–Trinajstić information content (AvgIpc) is 3.10. The molecule has 0 bridgehead atoms. The second kappa shape index (κ2) is 7.79. The van der Waals surface area contributed by atoms with E-state index in [1.807, 2.05) is 30.1 Å². The van der Waals surface area contributed by atoms with Crippen molar-refractivity contribution in [3.05, 3.63) is 65.7 Å². The topological polar surface area (TPSA) is 88.7 Å². The van der Waals surface area contributed by atoms with Crippen molar-refractivity contribution in [2.24, 2.45) is 0 Å². The van der Waals surface area contributed by atoms with Crippen molar-refractivity contribution in [2.45, 2.75) is 13.1 Å². The van der Waals surface area contributed by atoms with Crippen molar-refractivity contribution in [3.8, 4) is 17.0 Å². The number of hydrogen-bond acceptors (Lipinski definition) is 6. The molecule has 0 saturated carbocycles. The van der Waals surface area contributed by atoms with Gasteiger partial charge in [-0.15, -0.1) is 0 Å². The molecule has 0 saturated heterocycles. The summed E-state index contributed by atoms with van der Waals surface area (Å²) in [5.74, 6) is 0.392. The Hall–Kier alpha value is -3.19. The van der Waals surface area contributed by atoms with Crippen molar-refractivity contribution in [2.75, 3.05) is 14.2 Å². The van der Waals surface area contributed by atoms with Gasteiger partial charge >= 0.3 is 5.97 Å². The number of nitrogens with zero attached hydrogens (tertiary/aromatic N) is 3. The summed E-state index contributed by atoms with van der Waals surface area (Å²) in [5.41, 5.74) is 2.64. The molecule has 2 heterocycles. The molecular formula is C19H19N3O4. The first-order valence-electron chi connectivity index (χ1n) is 8.01. The van der Waals surface area contributed by atoms with Crippen LogP contribution < -0.4 is 4.74 Å². The fourth-order valence-electron chi connectivity index (χ4n) is 2.69. The van der Waals surface area contributed by atoms with E-state index in [0.29, 0.717) is 24.6 Å². The lowest BCUT2D eigenvalue weighted by Gasteiger charge is -2.17. The molecule has 7 nitrogen and oxygen atoms in total. The Labute approximate surface area is 150 Å². The molecule has 3 aromatic rings. The smallest absolute Gasteiger partial charge is 0.335 e. The molecule has 0 atom stereocenters. The zero-order chi connectivity index (χ0) is 18.5. The van der Waals surface area contributed by atoms with Gasteiger partial charge in [-0.3, -0.25) is 9.88 Å². The average molecular weight is 353 g/mol. The molecule has 2 aromatic heterocycles. The summed E-state index contributed by atoms with van der Waals surface area (Å²) in [6, 6.07) is 10.5. The quantitative estimate of drug-likeness (QED) is 0.698. The number of aromatic nitrogens is 2. The molecule has 1 aromatic carbocycles. The van der Waals surface area contributed by atoms with Gasteiger partial charge in [0.25, 0.3) is 0 Å². The lowest BCUT2D eigenvalue weighted by molar-refractivity contribution is 0.0696. The first kappa shape index (κ1) is 17.6. The highest BCUT2D eigenvalue weighted by molar-refractivity contribution is 5.88. The van der Waals surface area contributed by atoms with Gasteiger partial charge < -0.3 is 14.4 Å². The fraction of sp³-hybridized carbons (Fsp3) is 0.211. The van der Waals surface area contributed by atoms with E-state index >= 15 is 0 Å². The highest BCUT2D eigenvalue weighted by Crippen LogP contribution is 2.23. The Balaban J connectivity index is 1.71. The zero-order valence-electron chi connectivity index (χ0n) is 14.5. The SMILES string of the molecule is COc1ccc(C(=O)O)cc1CN(C)Cc1cc(-c2cccnc2)no1. The van der Waals surface area contributed by atoms with Crippen molar-refractivity contribution < 1.29 is 19.2 Å². The first-order valence-corrected chi connectivity index (χ1v) is 8.01. The maximum absolute atomic E-state index is 11.2. The van der Waals surface area contributed by atoms with Gasteiger partial charge in [0.05, 0.1) is 19.2 Å². The Morgan fingerprint density at radius 1 is 1.27 bits per heavy atom. The second-order valence-electron chi connectivity index (χ2n) is 5.92. The highest BCUT2D eigenvalue weighted by atomic mass is 16.5. The molecule has 0 aliphatic heterocycles. The van der Waals surface area contributed by atoms with E-state index in [4.69, 9.17) is 9.26 Å². The molecule has 0 spiro atoms. The number of rotatable bonds is 7. The monoisotopic (exact) mass is 353 g/mol. The summed E-state index contributed by atoms with van der Waals surface area (Å²) >= 11 is 0. The van der Waals surface area contributed by atoms with Crippen LogP contribution in [-0.2, 0) is 13.1 Å². The Morgan fingerprint density at radius 3 is 2.81 bits per heavy atom. The number of ether oxygens (including phenoxy) is 1. The summed E-state index contributed by atoms with van der Waals surface area (Å²) in [4.78, 5) is 17.3. The van der Waals surface area contributed by atoms with Gasteiger partial charge in [0.2, 0.25) is 0 Å². The van der Waals surface area contributed by atoms with Crippen LogP contribution in [0.4, 0.5) is 0 Å². The van der Waals surface area contributed by atoms with Crippen LogP contribution in [0.25, 0.3) is 11.3 Å². The lowest BCUT2D eigenvalue weighted by atomic mass is 10.1. The Kier molecular flexibility index (Phi) is 5.28. The van der Waals surface area contributed by atoms with Crippen LogP contribution >= 0.6 is 0 Å². The van der Waals surface area contributed by atoms with Crippen molar-refractivity contribution in [1.29, 1.82) is 0 Å². The lowest BCUT2D eigenvalue weighted by Crippen LogP contribution is -2.17. The summed E-state index contributed by atoms with van der Waals surface area (Å²) in [7, 11) is 3.48. The van der Waals surface area contributed by atoms with Crippen molar-refractivity contribution in [3.63, 3.8) is 0 Å². The molecule has 3 rings (SSSR count). The minimum absolute atomic E-state index is 0.229. The largest absolute Gasteiger partial charge is 0.496 e. The normalized spacial score (nSPS) is 10.9. The van der Waals surface area contributed by atoms with E-state index < -0.39 is 5.97 Å². The predicted molar refractivity (Wildman–Crippen MR) is 94.9 cm³/mol. The molecule has 0 aliphatic carbocycles. The standard InChI is InChI=1S/C19H19N3O4/c1-22(11-15-8-13(19(23)24)5-6-18(15)25-2)12-16-9-17(21-26-16)14-4-3-7-20-10-14/h3-10H,11-12H2,1-2H3,(H,23,24). The van der Waals surface area contributed by atoms with Gasteiger partial charge in [0.1, 0.15) is 11.4 Å². The number of aromatic carboxylic acids is 1. The van der Waals surface area contributed by atoms with Gasteiger partial charge in [-0.1, -0.05) is 5.16 Å². The zero-order valence-corrected chi connectivity index (χ0v) is 14.5. The third-order valence-electron chi connectivity index (χ3n) is 3.91. The number of methoxy groups -OCH3 is 1. The number of hydrogen-bond donors (Lipinski definition) is 1.